The van der Waals surface area contributed by atoms with Crippen molar-refractivity contribution < 1.29 is 46.6 Å². The van der Waals surface area contributed by atoms with Gasteiger partial charge in [0.1, 0.15) is 17.7 Å². The van der Waals surface area contributed by atoms with E-state index in [2.05, 4.69) is 40.6 Å². The molecule has 9 rings (SSSR count). The van der Waals surface area contributed by atoms with Crippen LogP contribution in [0.3, 0.4) is 0 Å². The van der Waals surface area contributed by atoms with Gasteiger partial charge in [-0.1, -0.05) is 0 Å². The lowest BCUT2D eigenvalue weighted by atomic mass is 9.84. The maximum Gasteiger partial charge on any atom is 0.416 e. The third kappa shape index (κ3) is 10.1. The number of nitrogen functional groups attached to an aromatic ring is 1. The Balaban J connectivity index is 0.839. The number of amides is 5. The molecule has 5 amide bonds. The molecule has 1 aromatic heterocycles. The highest BCUT2D eigenvalue weighted by molar-refractivity contribution is 6.23. The first-order chi connectivity index (χ1) is 33.4. The monoisotopic (exact) mass is 968 g/mol. The quantitative estimate of drug-likeness (QED) is 0.0880. The van der Waals surface area contributed by atoms with Crippen LogP contribution in [0.1, 0.15) is 95.6 Å². The van der Waals surface area contributed by atoms with Crippen molar-refractivity contribution >= 4 is 57.6 Å². The second-order valence-corrected chi connectivity index (χ2v) is 19.4. The number of nitrogens with two attached hydrogens (primary N) is 1. The van der Waals surface area contributed by atoms with Gasteiger partial charge in [0, 0.05) is 92.9 Å². The number of halogens is 3. The predicted octanol–water partition coefficient (Wildman–Crippen LogP) is 5.32. The van der Waals surface area contributed by atoms with Crippen molar-refractivity contribution in [3.63, 3.8) is 0 Å². The van der Waals surface area contributed by atoms with Crippen LogP contribution in [-0.2, 0) is 20.6 Å². The molecule has 0 radical (unpaired) electrons. The first kappa shape index (κ1) is 48.5. The van der Waals surface area contributed by atoms with Gasteiger partial charge in [0.25, 0.3) is 11.8 Å². The molecule has 4 aromatic rings. The average molecular weight is 969 g/mol. The Hall–Kier alpha value is -6.54. The van der Waals surface area contributed by atoms with Crippen molar-refractivity contribution in [3.8, 4) is 11.5 Å². The number of piperazine rings is 1. The molecule has 5 aliphatic rings. The molecule has 4 unspecified atom stereocenters. The molecule has 17 nitrogen and oxygen atoms in total. The summed E-state index contributed by atoms with van der Waals surface area (Å²) in [6, 6.07) is 10.9. The number of imide groups is 2. The maximum atomic E-state index is 13.7. The summed E-state index contributed by atoms with van der Waals surface area (Å²) < 4.78 is 53.5. The number of nitrogens with zero attached hydrogens (tertiary/aromatic N) is 6. The molecule has 372 valence electrons. The molecule has 4 aliphatic heterocycles. The van der Waals surface area contributed by atoms with E-state index in [0.717, 1.165) is 87.5 Å². The van der Waals surface area contributed by atoms with E-state index in [-0.39, 0.29) is 52.9 Å². The number of alkyl halides is 3. The summed E-state index contributed by atoms with van der Waals surface area (Å²) in [6.45, 7) is 9.36. The van der Waals surface area contributed by atoms with Gasteiger partial charge in [-0.25, -0.2) is 9.97 Å². The Morgan fingerprint density at radius 2 is 1.70 bits per heavy atom. The summed E-state index contributed by atoms with van der Waals surface area (Å²) in [5, 5.41) is 9.00. The molecule has 3 aromatic carbocycles. The molecule has 4 fully saturated rings. The zero-order valence-corrected chi connectivity index (χ0v) is 39.8. The maximum absolute atomic E-state index is 13.7. The summed E-state index contributed by atoms with van der Waals surface area (Å²) in [7, 11) is 3.24. The van der Waals surface area contributed by atoms with Crippen LogP contribution in [0.5, 0.6) is 11.5 Å². The number of anilines is 3. The topological polar surface area (TPSA) is 205 Å². The fraction of sp³-hybridized carbons (Fsp3) is 0.500. The molecule has 20 heteroatoms. The number of likely N-dealkylation sites (tertiary alicyclic amines) is 1. The lowest BCUT2D eigenvalue weighted by Gasteiger charge is -2.42. The summed E-state index contributed by atoms with van der Waals surface area (Å²) >= 11 is 0. The standard InChI is InChI=1S/C50H59F3N10O7/c1-28(31-19-32(50(51,52)53)22-33(54)20-31)56-44-38-24-42(41(69-4)25-39(38)57-29(2)58-44)70-27-49(10-11-49)26-35-21-30(45(65)55-3)9-12-61(35)16-13-60-14-17-62(18-15-60)34-5-6-36-37(23-34)48(68)63(47(36)67)40-7-8-43(64)59-46(40)66/h5-6,19-20,22-25,28,30,35,40H,7-18,21,26-27,54H2,1-4H3,(H,55,65)(H,56,57,58)(H,59,64,66). The summed E-state index contributed by atoms with van der Waals surface area (Å²) in [6.07, 6.45) is -0.128. The van der Waals surface area contributed by atoms with Crippen molar-refractivity contribution in [3.05, 3.63) is 76.6 Å². The molecular weight excluding hydrogens is 910 g/mol. The van der Waals surface area contributed by atoms with Gasteiger partial charge in [-0.3, -0.25) is 44.0 Å². The number of fused-ring (bicyclic) bond motifs is 2. The number of carbonyl (C=O) groups excluding carboxylic acids is 5. The largest absolute Gasteiger partial charge is 0.493 e. The minimum Gasteiger partial charge on any atom is -0.493 e. The summed E-state index contributed by atoms with van der Waals surface area (Å²) in [4.78, 5) is 81.4. The van der Waals surface area contributed by atoms with E-state index in [1.165, 1.54) is 6.07 Å². The summed E-state index contributed by atoms with van der Waals surface area (Å²) in [5.41, 5.74) is 7.22. The van der Waals surface area contributed by atoms with Crippen LogP contribution < -0.4 is 36.1 Å². The molecule has 5 N–H and O–H groups in total. The normalized spacial score (nSPS) is 22.2. The van der Waals surface area contributed by atoms with E-state index < -0.39 is 47.5 Å². The van der Waals surface area contributed by atoms with Crippen LogP contribution in [-0.4, -0.2) is 133 Å². The highest BCUT2D eigenvalue weighted by atomic mass is 19.4. The Morgan fingerprint density at radius 1 is 0.943 bits per heavy atom. The number of ether oxygens (including phenoxy) is 2. The number of carbonyl (C=O) groups is 5. The Morgan fingerprint density at radius 3 is 2.40 bits per heavy atom. The second-order valence-electron chi connectivity index (χ2n) is 19.4. The van der Waals surface area contributed by atoms with Crippen LogP contribution in [0, 0.1) is 18.3 Å². The Kier molecular flexibility index (Phi) is 13.4. The van der Waals surface area contributed by atoms with Crippen LogP contribution in [0.2, 0.25) is 0 Å². The third-order valence-electron chi connectivity index (χ3n) is 14.7. The van der Waals surface area contributed by atoms with E-state index in [1.54, 1.807) is 46.2 Å². The number of hydrogen-bond donors (Lipinski definition) is 4. The molecule has 1 aliphatic carbocycles. The molecule has 0 bridgehead atoms. The van der Waals surface area contributed by atoms with Gasteiger partial charge >= 0.3 is 6.18 Å². The van der Waals surface area contributed by atoms with Crippen molar-refractivity contribution in [1.82, 2.24) is 35.3 Å². The van der Waals surface area contributed by atoms with Crippen molar-refractivity contribution in [2.75, 3.05) is 82.5 Å². The van der Waals surface area contributed by atoms with E-state index >= 15 is 0 Å². The number of aromatic nitrogens is 2. The molecule has 4 atom stereocenters. The SMILES string of the molecule is CNC(=O)C1CCN(CCN2CCN(c3ccc4c(c3)C(=O)N(C3CCC(=O)NC3=O)C4=O)CC2)C(CC2(COc3cc4c(NC(C)c5cc(N)cc(C(F)(F)F)c5)nc(C)nc4cc3OC)CC2)C1. The van der Waals surface area contributed by atoms with E-state index in [1.807, 2.05) is 12.1 Å². The molecule has 3 saturated heterocycles. The van der Waals surface area contributed by atoms with Crippen LogP contribution in [0.15, 0.2) is 48.5 Å². The van der Waals surface area contributed by atoms with Gasteiger partial charge in [-0.15, -0.1) is 0 Å². The molecule has 5 heterocycles. The van der Waals surface area contributed by atoms with E-state index in [0.29, 0.717) is 59.3 Å². The minimum atomic E-state index is -4.56. The fourth-order valence-electron chi connectivity index (χ4n) is 10.5. The number of methoxy groups -OCH3 is 1. The zero-order valence-electron chi connectivity index (χ0n) is 39.8. The molecule has 1 saturated carbocycles. The van der Waals surface area contributed by atoms with Gasteiger partial charge in [0.05, 0.1) is 42.0 Å². The van der Waals surface area contributed by atoms with Gasteiger partial charge < -0.3 is 30.7 Å². The smallest absolute Gasteiger partial charge is 0.416 e. The summed E-state index contributed by atoms with van der Waals surface area (Å²) in [5.74, 6) is -0.279. The van der Waals surface area contributed by atoms with Crippen molar-refractivity contribution in [1.29, 1.82) is 0 Å². The number of benzene rings is 3. The van der Waals surface area contributed by atoms with Crippen LogP contribution in [0.4, 0.5) is 30.4 Å². The lowest BCUT2D eigenvalue weighted by molar-refractivity contribution is -0.138. The van der Waals surface area contributed by atoms with Crippen molar-refractivity contribution in [2.45, 2.75) is 83.1 Å². The Labute approximate surface area is 403 Å². The highest BCUT2D eigenvalue weighted by Crippen LogP contribution is 2.52. The molecule has 0 spiro atoms. The molecule has 70 heavy (non-hydrogen) atoms. The van der Waals surface area contributed by atoms with E-state index in [4.69, 9.17) is 15.2 Å². The Bertz CT molecular complexity index is 2720. The third-order valence-corrected chi connectivity index (χ3v) is 14.7. The van der Waals surface area contributed by atoms with Crippen LogP contribution >= 0.6 is 0 Å². The fourth-order valence-corrected chi connectivity index (χ4v) is 10.5. The minimum absolute atomic E-state index is 0.00554. The second kappa shape index (κ2) is 19.3. The van der Waals surface area contributed by atoms with Gasteiger partial charge in [-0.2, -0.15) is 13.2 Å². The number of hydrogen-bond acceptors (Lipinski definition) is 14. The molecular formula is C50H59F3N10O7. The number of rotatable bonds is 15. The number of piperidine rings is 2. The van der Waals surface area contributed by atoms with Gasteiger partial charge in [0.15, 0.2) is 11.5 Å². The number of nitrogens with one attached hydrogen (secondary N) is 3. The van der Waals surface area contributed by atoms with Gasteiger partial charge in [-0.05, 0) is 107 Å². The lowest BCUT2D eigenvalue weighted by Crippen LogP contribution is -2.54. The number of aryl methyl sites for hydroxylation is 1. The van der Waals surface area contributed by atoms with Gasteiger partial charge in [0.2, 0.25) is 17.7 Å². The highest BCUT2D eigenvalue weighted by Gasteiger charge is 2.48. The van der Waals surface area contributed by atoms with Crippen LogP contribution in [0.25, 0.3) is 10.9 Å². The first-order valence-corrected chi connectivity index (χ1v) is 23.9. The first-order valence-electron chi connectivity index (χ1n) is 23.9. The van der Waals surface area contributed by atoms with Crippen molar-refractivity contribution in [2.24, 2.45) is 11.3 Å². The zero-order chi connectivity index (χ0) is 49.6. The predicted molar refractivity (Wildman–Crippen MR) is 254 cm³/mol. The van der Waals surface area contributed by atoms with E-state index in [9.17, 15) is 37.1 Å². The average Bonchev–Trinajstić information content (AvgIpc) is 4.06.